The summed E-state index contributed by atoms with van der Waals surface area (Å²) in [4.78, 5) is 30.3. The molecule has 1 aromatic heterocycles. The van der Waals surface area contributed by atoms with Gasteiger partial charge in [-0.15, -0.1) is 11.3 Å². The van der Waals surface area contributed by atoms with Crippen molar-refractivity contribution >= 4 is 23.2 Å². The van der Waals surface area contributed by atoms with Gasteiger partial charge in [-0.2, -0.15) is 0 Å². The number of hydrogen-bond donors (Lipinski definition) is 1. The van der Waals surface area contributed by atoms with Crippen LogP contribution in [0.15, 0.2) is 29.6 Å². The molecule has 0 aliphatic heterocycles. The summed E-state index contributed by atoms with van der Waals surface area (Å²) in [6.45, 7) is 4.56. The van der Waals surface area contributed by atoms with Crippen LogP contribution in [0.25, 0.3) is 11.3 Å². The lowest BCUT2D eigenvalue weighted by Crippen LogP contribution is -2.40. The van der Waals surface area contributed by atoms with Crippen LogP contribution in [0, 0.1) is 0 Å². The Morgan fingerprint density at radius 1 is 1.22 bits per heavy atom. The highest BCUT2D eigenvalue weighted by atomic mass is 32.1. The number of rotatable bonds is 7. The number of aliphatic carboxylic acids is 1. The summed E-state index contributed by atoms with van der Waals surface area (Å²) < 4.78 is 0. The van der Waals surface area contributed by atoms with Crippen LogP contribution in [0.1, 0.15) is 67.2 Å². The molecule has 6 heteroatoms. The first kappa shape index (κ1) is 19.5. The highest BCUT2D eigenvalue weighted by molar-refractivity contribution is 7.12. The molecular formula is C21H26N2O3S. The van der Waals surface area contributed by atoms with Gasteiger partial charge in [-0.05, 0) is 24.3 Å². The van der Waals surface area contributed by atoms with Crippen molar-refractivity contribution in [1.29, 1.82) is 0 Å². The third-order valence-electron chi connectivity index (χ3n) is 5.15. The van der Waals surface area contributed by atoms with Gasteiger partial charge in [0, 0.05) is 23.5 Å². The van der Waals surface area contributed by atoms with Crippen LogP contribution in [0.2, 0.25) is 0 Å². The first-order valence-electron chi connectivity index (χ1n) is 9.54. The number of carbonyl (C=O) groups is 2. The number of hydrogen-bond acceptors (Lipinski definition) is 4. The van der Waals surface area contributed by atoms with Crippen LogP contribution in [-0.2, 0) is 4.79 Å². The molecule has 0 spiro atoms. The number of aromatic nitrogens is 1. The molecule has 3 rings (SSSR count). The van der Waals surface area contributed by atoms with Crippen LogP contribution >= 0.6 is 11.3 Å². The summed E-state index contributed by atoms with van der Waals surface area (Å²) in [5.74, 6) is -0.546. The topological polar surface area (TPSA) is 70.5 Å². The van der Waals surface area contributed by atoms with Gasteiger partial charge in [-0.3, -0.25) is 9.59 Å². The average Bonchev–Trinajstić information content (AvgIpc) is 3.34. The second-order valence-electron chi connectivity index (χ2n) is 7.40. The Hall–Kier alpha value is -2.21. The number of benzene rings is 1. The third kappa shape index (κ3) is 4.75. The molecule has 5 nitrogen and oxygen atoms in total. The first-order valence-corrected chi connectivity index (χ1v) is 10.4. The Labute approximate surface area is 164 Å². The van der Waals surface area contributed by atoms with Gasteiger partial charge in [-0.25, -0.2) is 4.98 Å². The van der Waals surface area contributed by atoms with Crippen molar-refractivity contribution < 1.29 is 14.7 Å². The molecule has 1 aromatic carbocycles. The molecule has 0 atom stereocenters. The van der Waals surface area contributed by atoms with E-state index in [2.05, 4.69) is 31.0 Å². The van der Waals surface area contributed by atoms with E-state index in [0.29, 0.717) is 10.9 Å². The summed E-state index contributed by atoms with van der Waals surface area (Å²) in [6, 6.07) is 8.40. The molecule has 144 valence electrons. The third-order valence-corrected chi connectivity index (χ3v) is 5.98. The van der Waals surface area contributed by atoms with E-state index in [1.165, 1.54) is 16.9 Å². The van der Waals surface area contributed by atoms with Gasteiger partial charge in [0.2, 0.25) is 0 Å². The predicted molar refractivity (Wildman–Crippen MR) is 107 cm³/mol. The van der Waals surface area contributed by atoms with Crippen LogP contribution < -0.4 is 0 Å². The monoisotopic (exact) mass is 386 g/mol. The summed E-state index contributed by atoms with van der Waals surface area (Å²) in [6.07, 6.45) is 4.04. The number of carboxylic acids is 1. The van der Waals surface area contributed by atoms with Crippen molar-refractivity contribution in [2.24, 2.45) is 0 Å². The maximum atomic E-state index is 13.0. The van der Waals surface area contributed by atoms with Crippen LogP contribution in [0.3, 0.4) is 0 Å². The van der Waals surface area contributed by atoms with Crippen LogP contribution in [0.5, 0.6) is 0 Å². The fourth-order valence-corrected chi connectivity index (χ4v) is 4.33. The van der Waals surface area contributed by atoms with Crippen molar-refractivity contribution in [2.45, 2.75) is 57.9 Å². The zero-order valence-electron chi connectivity index (χ0n) is 15.9. The molecule has 27 heavy (non-hydrogen) atoms. The summed E-state index contributed by atoms with van der Waals surface area (Å²) in [5.41, 5.74) is 3.06. The highest BCUT2D eigenvalue weighted by Crippen LogP contribution is 2.28. The normalized spacial score (nSPS) is 14.6. The Kier molecular flexibility index (Phi) is 6.26. The molecule has 1 aliphatic rings. The van der Waals surface area contributed by atoms with Crippen molar-refractivity contribution in [1.82, 2.24) is 9.88 Å². The van der Waals surface area contributed by atoms with E-state index < -0.39 is 5.97 Å². The standard InChI is InChI=1S/C21H26N2O3S/c1-14(2)15-7-9-16(10-8-15)18-13-27-20(22-18)21(26)23(12-11-19(24)25)17-5-3-4-6-17/h7-10,13-14,17H,3-6,11-12H2,1-2H3,(H,24,25). The van der Waals surface area contributed by atoms with E-state index in [4.69, 9.17) is 5.11 Å². The van der Waals surface area contributed by atoms with Crippen LogP contribution in [-0.4, -0.2) is 39.5 Å². The van der Waals surface area contributed by atoms with Gasteiger partial charge in [0.15, 0.2) is 5.01 Å². The van der Waals surface area contributed by atoms with Gasteiger partial charge in [0.25, 0.3) is 5.91 Å². The lowest BCUT2D eigenvalue weighted by atomic mass is 10.0. The van der Waals surface area contributed by atoms with E-state index in [0.717, 1.165) is 36.9 Å². The van der Waals surface area contributed by atoms with Crippen LogP contribution in [0.4, 0.5) is 0 Å². The quantitative estimate of drug-likeness (QED) is 0.742. The molecule has 0 radical (unpaired) electrons. The zero-order chi connectivity index (χ0) is 19.4. The Morgan fingerprint density at radius 3 is 2.48 bits per heavy atom. The Morgan fingerprint density at radius 2 is 1.89 bits per heavy atom. The predicted octanol–water partition coefficient (Wildman–Crippen LogP) is 4.79. The summed E-state index contributed by atoms with van der Waals surface area (Å²) in [7, 11) is 0. The van der Waals surface area contributed by atoms with Crippen molar-refractivity contribution in [3.63, 3.8) is 0 Å². The SMILES string of the molecule is CC(C)c1ccc(-c2csc(C(=O)N(CCC(=O)O)C3CCCC3)n2)cc1. The molecule has 1 heterocycles. The second kappa shape index (κ2) is 8.65. The van der Waals surface area contributed by atoms with Crippen molar-refractivity contribution in [2.75, 3.05) is 6.54 Å². The van der Waals surface area contributed by atoms with E-state index in [9.17, 15) is 9.59 Å². The zero-order valence-corrected chi connectivity index (χ0v) is 16.7. The number of amides is 1. The lowest BCUT2D eigenvalue weighted by molar-refractivity contribution is -0.137. The molecule has 2 aromatic rings. The maximum absolute atomic E-state index is 13.0. The maximum Gasteiger partial charge on any atom is 0.305 e. The van der Waals surface area contributed by atoms with E-state index in [-0.39, 0.29) is 24.9 Å². The van der Waals surface area contributed by atoms with Gasteiger partial charge < -0.3 is 10.0 Å². The van der Waals surface area contributed by atoms with E-state index in [1.54, 1.807) is 4.90 Å². The highest BCUT2D eigenvalue weighted by Gasteiger charge is 2.29. The van der Waals surface area contributed by atoms with Gasteiger partial charge in [0.1, 0.15) is 0 Å². The number of carboxylic acid groups (broad SMARTS) is 1. The molecule has 0 saturated heterocycles. The number of nitrogens with zero attached hydrogens (tertiary/aromatic N) is 2. The summed E-state index contributed by atoms with van der Waals surface area (Å²) >= 11 is 1.33. The smallest absolute Gasteiger partial charge is 0.305 e. The van der Waals surface area contributed by atoms with E-state index in [1.807, 2.05) is 17.5 Å². The average molecular weight is 387 g/mol. The van der Waals surface area contributed by atoms with Crippen molar-refractivity contribution in [3.8, 4) is 11.3 Å². The van der Waals surface area contributed by atoms with Gasteiger partial charge >= 0.3 is 5.97 Å². The minimum Gasteiger partial charge on any atom is -0.481 e. The molecular weight excluding hydrogens is 360 g/mol. The van der Waals surface area contributed by atoms with Crippen molar-refractivity contribution in [3.05, 3.63) is 40.2 Å². The second-order valence-corrected chi connectivity index (χ2v) is 8.25. The lowest BCUT2D eigenvalue weighted by Gasteiger charge is -2.27. The molecule has 1 N–H and O–H groups in total. The largest absolute Gasteiger partial charge is 0.481 e. The molecule has 0 unspecified atom stereocenters. The van der Waals surface area contributed by atoms with Gasteiger partial charge in [-0.1, -0.05) is 51.0 Å². The molecule has 1 amide bonds. The summed E-state index contributed by atoms with van der Waals surface area (Å²) in [5, 5.41) is 11.4. The van der Waals surface area contributed by atoms with E-state index >= 15 is 0 Å². The Bertz CT molecular complexity index is 792. The molecule has 1 aliphatic carbocycles. The molecule has 0 bridgehead atoms. The Balaban J connectivity index is 1.77. The number of carbonyl (C=O) groups excluding carboxylic acids is 1. The minimum absolute atomic E-state index is 0.0306. The molecule has 1 saturated carbocycles. The molecule has 1 fully saturated rings. The first-order chi connectivity index (χ1) is 13.0. The van der Waals surface area contributed by atoms with Gasteiger partial charge in [0.05, 0.1) is 12.1 Å². The number of thiazole rings is 1. The fourth-order valence-electron chi connectivity index (χ4n) is 3.55. The fraction of sp³-hybridized carbons (Fsp3) is 0.476. The minimum atomic E-state index is -0.879.